The number of carbonyl (C=O) groups is 2. The Balaban J connectivity index is 0.00000280. The molecular formula is C28H21FN3NaO4. The van der Waals surface area contributed by atoms with E-state index in [-0.39, 0.29) is 52.5 Å². The number of nitrogens with zero attached hydrogens (tertiary/aromatic N) is 2. The third-order valence-electron chi connectivity index (χ3n) is 6.87. The Morgan fingerprint density at radius 3 is 2.54 bits per heavy atom. The molecule has 0 radical (unpaired) electrons. The van der Waals surface area contributed by atoms with E-state index in [4.69, 9.17) is 0 Å². The minimum atomic E-state index is -1.15. The fourth-order valence-corrected chi connectivity index (χ4v) is 4.65. The van der Waals surface area contributed by atoms with E-state index in [1.165, 1.54) is 12.3 Å². The van der Waals surface area contributed by atoms with Crippen LogP contribution in [0.25, 0.3) is 27.8 Å². The van der Waals surface area contributed by atoms with Gasteiger partial charge in [0.05, 0.1) is 5.39 Å². The van der Waals surface area contributed by atoms with Gasteiger partial charge in [0.2, 0.25) is 5.43 Å². The first kappa shape index (κ1) is 25.3. The summed E-state index contributed by atoms with van der Waals surface area (Å²) in [7, 11) is 0. The minimum absolute atomic E-state index is 0. The molecule has 2 aliphatic rings. The average Bonchev–Trinajstić information content (AvgIpc) is 3.80. The van der Waals surface area contributed by atoms with E-state index in [9.17, 15) is 23.9 Å². The molecule has 1 N–H and O–H groups in total. The van der Waals surface area contributed by atoms with Gasteiger partial charge in [-0.05, 0) is 72.2 Å². The van der Waals surface area contributed by atoms with Crippen LogP contribution in [-0.4, -0.2) is 27.5 Å². The van der Waals surface area contributed by atoms with E-state index in [0.29, 0.717) is 34.3 Å². The smallest absolute Gasteiger partial charge is 0.550 e. The first-order valence-corrected chi connectivity index (χ1v) is 11.8. The fraction of sp³-hybridized carbons (Fsp3) is 0.214. The molecule has 0 saturated heterocycles. The van der Waals surface area contributed by atoms with Gasteiger partial charge in [-0.2, -0.15) is 0 Å². The summed E-state index contributed by atoms with van der Waals surface area (Å²) in [6.07, 6.45) is 5.28. The molecule has 2 saturated carbocycles. The molecule has 37 heavy (non-hydrogen) atoms. The molecule has 1 amide bonds. The third kappa shape index (κ3) is 4.84. The molecule has 7 nitrogen and oxygen atoms in total. The number of aromatic nitrogens is 2. The van der Waals surface area contributed by atoms with Crippen LogP contribution in [0.5, 0.6) is 0 Å². The van der Waals surface area contributed by atoms with E-state index >= 15 is 0 Å². The Morgan fingerprint density at radius 1 is 1.05 bits per heavy atom. The van der Waals surface area contributed by atoms with Crippen LogP contribution in [0.15, 0.2) is 71.8 Å². The zero-order valence-corrected chi connectivity index (χ0v) is 22.1. The zero-order valence-electron chi connectivity index (χ0n) is 20.1. The second-order valence-electron chi connectivity index (χ2n) is 9.42. The fourth-order valence-electron chi connectivity index (χ4n) is 4.65. The van der Waals surface area contributed by atoms with E-state index in [1.807, 2.05) is 18.2 Å². The summed E-state index contributed by atoms with van der Waals surface area (Å²) < 4.78 is 16.6. The molecular weight excluding hydrogens is 484 g/mol. The number of amides is 1. The van der Waals surface area contributed by atoms with Gasteiger partial charge in [0, 0.05) is 36.0 Å². The molecule has 2 aliphatic carbocycles. The predicted molar refractivity (Wildman–Crippen MR) is 129 cm³/mol. The Kier molecular flexibility index (Phi) is 6.74. The van der Waals surface area contributed by atoms with Crippen molar-refractivity contribution in [2.45, 2.75) is 31.2 Å². The standard InChI is InChI=1S/C28H22FN3O4.Na/c29-24-12-16(6-9-19(24)21-13-22(21)28(35)36)15-3-1-4-18(11-15)32-14-23(27(34)31-17-7-8-17)25(33)20-5-2-10-30-26(20)32;/h1-6,9-12,14,17,21-22H,7-8,13H2,(H,31,34)(H,35,36);/q;+1/p-1. The minimum Gasteiger partial charge on any atom is -0.550 e. The summed E-state index contributed by atoms with van der Waals surface area (Å²) in [5.41, 5.74) is 2.44. The molecule has 9 heteroatoms. The second kappa shape index (κ2) is 9.85. The number of carboxylic acid groups (broad SMARTS) is 1. The molecule has 6 rings (SSSR count). The van der Waals surface area contributed by atoms with Crippen LogP contribution >= 0.6 is 0 Å². The van der Waals surface area contributed by atoms with Crippen LogP contribution in [0.4, 0.5) is 4.39 Å². The summed E-state index contributed by atoms with van der Waals surface area (Å²) in [5, 5.41) is 14.3. The molecule has 2 fully saturated rings. The SMILES string of the molecule is O=C(NC1CC1)c1cn(-c2cccc(-c3ccc(C4CC4C(=O)[O-])c(F)c3)c2)c2ncccc2c1=O.[Na+]. The first-order valence-electron chi connectivity index (χ1n) is 11.8. The molecule has 180 valence electrons. The number of benzene rings is 2. The van der Waals surface area contributed by atoms with Crippen molar-refractivity contribution in [2.75, 3.05) is 0 Å². The average molecular weight is 505 g/mol. The normalized spacial score (nSPS) is 18.2. The van der Waals surface area contributed by atoms with Crippen molar-refractivity contribution in [1.29, 1.82) is 0 Å². The quantitative estimate of drug-likeness (QED) is 0.370. The number of carboxylic acids is 1. The Labute approximate surface area is 233 Å². The van der Waals surface area contributed by atoms with Gasteiger partial charge >= 0.3 is 29.6 Å². The van der Waals surface area contributed by atoms with Gasteiger partial charge in [-0.25, -0.2) is 9.37 Å². The number of aliphatic carboxylic acids is 1. The number of nitrogens with one attached hydrogen (secondary N) is 1. The Bertz CT molecular complexity index is 1620. The number of hydrogen-bond donors (Lipinski definition) is 1. The topological polar surface area (TPSA) is 104 Å². The maximum absolute atomic E-state index is 14.9. The van der Waals surface area contributed by atoms with Crippen molar-refractivity contribution < 1.29 is 48.6 Å². The van der Waals surface area contributed by atoms with Crippen molar-refractivity contribution >= 4 is 22.9 Å². The van der Waals surface area contributed by atoms with E-state index in [0.717, 1.165) is 18.4 Å². The molecule has 0 spiro atoms. The molecule has 0 aliphatic heterocycles. The zero-order chi connectivity index (χ0) is 25.0. The number of carbonyl (C=O) groups excluding carboxylic acids is 2. The number of rotatable bonds is 6. The summed E-state index contributed by atoms with van der Waals surface area (Å²) in [4.78, 5) is 41.3. The van der Waals surface area contributed by atoms with Crippen molar-refractivity contribution in [3.8, 4) is 16.8 Å². The van der Waals surface area contributed by atoms with Crippen molar-refractivity contribution in [2.24, 2.45) is 5.92 Å². The molecule has 2 aromatic heterocycles. The maximum Gasteiger partial charge on any atom is 1.00 e. The van der Waals surface area contributed by atoms with Crippen molar-refractivity contribution in [3.63, 3.8) is 0 Å². The summed E-state index contributed by atoms with van der Waals surface area (Å²) in [6, 6.07) is 15.5. The van der Waals surface area contributed by atoms with E-state index in [2.05, 4.69) is 10.3 Å². The third-order valence-corrected chi connectivity index (χ3v) is 6.87. The monoisotopic (exact) mass is 505 g/mol. The van der Waals surface area contributed by atoms with E-state index in [1.54, 1.807) is 41.1 Å². The first-order chi connectivity index (χ1) is 17.4. The Morgan fingerprint density at radius 2 is 1.84 bits per heavy atom. The van der Waals surface area contributed by atoms with Gasteiger partial charge in [0.15, 0.2) is 0 Å². The number of hydrogen-bond acceptors (Lipinski definition) is 5. The van der Waals surface area contributed by atoms with Crippen molar-refractivity contribution in [1.82, 2.24) is 14.9 Å². The molecule has 2 heterocycles. The van der Waals surface area contributed by atoms with Crippen LogP contribution in [0.3, 0.4) is 0 Å². The summed E-state index contributed by atoms with van der Waals surface area (Å²) in [6.45, 7) is 0. The van der Waals surface area contributed by atoms with Gasteiger partial charge in [0.1, 0.15) is 17.0 Å². The predicted octanol–water partition coefficient (Wildman–Crippen LogP) is -0.0586. The molecule has 2 aromatic carbocycles. The van der Waals surface area contributed by atoms with Gasteiger partial charge in [-0.15, -0.1) is 0 Å². The summed E-state index contributed by atoms with van der Waals surface area (Å²) in [5.74, 6) is -3.01. The van der Waals surface area contributed by atoms with Crippen molar-refractivity contribution in [3.05, 3.63) is 94.2 Å². The maximum atomic E-state index is 14.9. The van der Waals surface area contributed by atoms with Gasteiger partial charge in [0.25, 0.3) is 5.91 Å². The van der Waals surface area contributed by atoms with Crippen LogP contribution < -0.4 is 45.4 Å². The van der Waals surface area contributed by atoms with Crippen LogP contribution in [-0.2, 0) is 4.79 Å². The van der Waals surface area contributed by atoms with E-state index < -0.39 is 23.6 Å². The van der Waals surface area contributed by atoms with Crippen LogP contribution in [0.2, 0.25) is 0 Å². The van der Waals surface area contributed by atoms with Crippen LogP contribution in [0.1, 0.15) is 41.1 Å². The van der Waals surface area contributed by atoms with Crippen LogP contribution in [0, 0.1) is 11.7 Å². The molecule has 2 atom stereocenters. The number of halogens is 1. The molecule has 2 unspecified atom stereocenters. The van der Waals surface area contributed by atoms with Gasteiger partial charge < -0.3 is 19.8 Å². The summed E-state index contributed by atoms with van der Waals surface area (Å²) >= 11 is 0. The Hall–Kier alpha value is -3.33. The number of fused-ring (bicyclic) bond motifs is 1. The second-order valence-corrected chi connectivity index (χ2v) is 9.42. The molecule has 4 aromatic rings. The number of pyridine rings is 2. The van der Waals surface area contributed by atoms with Gasteiger partial charge in [-0.3, -0.25) is 9.59 Å². The molecule has 0 bridgehead atoms. The van der Waals surface area contributed by atoms with Gasteiger partial charge in [-0.1, -0.05) is 24.3 Å². The largest absolute Gasteiger partial charge is 1.00 e.